The molecule has 0 spiro atoms. The van der Waals surface area contributed by atoms with Gasteiger partial charge in [0, 0.05) is 11.7 Å². The monoisotopic (exact) mass is 287 g/mol. The molecule has 1 aromatic carbocycles. The molecule has 6 heteroatoms. The third kappa shape index (κ3) is 3.21. The van der Waals surface area contributed by atoms with Gasteiger partial charge in [-0.25, -0.2) is 4.68 Å². The lowest BCUT2D eigenvalue weighted by Crippen LogP contribution is -2.36. The molecule has 112 valence electrons. The van der Waals surface area contributed by atoms with E-state index >= 15 is 0 Å². The van der Waals surface area contributed by atoms with Crippen LogP contribution in [0.15, 0.2) is 24.5 Å². The molecule has 21 heavy (non-hydrogen) atoms. The van der Waals surface area contributed by atoms with E-state index in [1.54, 1.807) is 11.0 Å². The Labute approximate surface area is 124 Å². The van der Waals surface area contributed by atoms with Gasteiger partial charge < -0.3 is 10.1 Å². The van der Waals surface area contributed by atoms with E-state index in [0.29, 0.717) is 18.2 Å². The van der Waals surface area contributed by atoms with Crippen LogP contribution in [0.25, 0.3) is 5.69 Å². The van der Waals surface area contributed by atoms with Crippen LogP contribution in [0.3, 0.4) is 0 Å². The highest BCUT2D eigenvalue weighted by Gasteiger charge is 2.24. The fourth-order valence-corrected chi connectivity index (χ4v) is 3.03. The Morgan fingerprint density at radius 3 is 2.62 bits per heavy atom. The summed E-state index contributed by atoms with van der Waals surface area (Å²) in [5.74, 6) is 0. The van der Waals surface area contributed by atoms with Crippen molar-refractivity contribution in [2.75, 3.05) is 5.32 Å². The van der Waals surface area contributed by atoms with Gasteiger partial charge in [-0.3, -0.25) is 0 Å². The smallest absolute Gasteiger partial charge is 0.143 e. The number of aryl methyl sites for hydroxylation is 1. The normalized spacial score (nSPS) is 25.8. The Hall–Kier alpha value is -1.95. The first-order valence-electron chi connectivity index (χ1n) is 7.38. The first-order valence-corrected chi connectivity index (χ1v) is 7.38. The second-order valence-electron chi connectivity index (χ2n) is 5.83. The molecule has 0 radical (unpaired) electrons. The van der Waals surface area contributed by atoms with Gasteiger partial charge in [0.05, 0.1) is 17.9 Å². The van der Waals surface area contributed by atoms with Crippen LogP contribution >= 0.6 is 0 Å². The number of nitrogens with one attached hydrogen (secondary N) is 1. The summed E-state index contributed by atoms with van der Waals surface area (Å²) in [5.41, 5.74) is 3.27. The van der Waals surface area contributed by atoms with E-state index < -0.39 is 0 Å². The molecular formula is C15H21N5O. The summed E-state index contributed by atoms with van der Waals surface area (Å²) in [6, 6.07) is 6.72. The Balaban J connectivity index is 1.73. The molecule has 2 heterocycles. The van der Waals surface area contributed by atoms with Gasteiger partial charge in [-0.15, -0.1) is 5.10 Å². The number of benzene rings is 1. The van der Waals surface area contributed by atoms with E-state index in [-0.39, 0.29) is 0 Å². The zero-order valence-electron chi connectivity index (χ0n) is 12.7. The number of hydrogen-bond donors (Lipinski definition) is 1. The van der Waals surface area contributed by atoms with Crippen molar-refractivity contribution in [2.24, 2.45) is 0 Å². The molecule has 1 N–H and O–H groups in total. The highest BCUT2D eigenvalue weighted by atomic mass is 16.5. The van der Waals surface area contributed by atoms with E-state index in [1.807, 2.05) is 6.07 Å². The second kappa shape index (κ2) is 5.81. The average Bonchev–Trinajstić information content (AvgIpc) is 2.91. The van der Waals surface area contributed by atoms with Crippen LogP contribution in [0.5, 0.6) is 0 Å². The van der Waals surface area contributed by atoms with Crippen LogP contribution in [0.4, 0.5) is 5.69 Å². The Bertz CT molecular complexity index is 588. The van der Waals surface area contributed by atoms with Crippen molar-refractivity contribution in [2.45, 2.75) is 51.9 Å². The SMILES string of the molecule is Cc1cc(NC2CC(C)OC(C)C2)ccc1-n1cnnn1. The van der Waals surface area contributed by atoms with Crippen molar-refractivity contribution < 1.29 is 4.74 Å². The topological polar surface area (TPSA) is 64.9 Å². The van der Waals surface area contributed by atoms with Crippen LogP contribution < -0.4 is 5.32 Å². The van der Waals surface area contributed by atoms with Crippen molar-refractivity contribution in [1.29, 1.82) is 0 Å². The minimum atomic E-state index is 0.313. The number of nitrogens with zero attached hydrogens (tertiary/aromatic N) is 4. The second-order valence-corrected chi connectivity index (χ2v) is 5.83. The lowest BCUT2D eigenvalue weighted by molar-refractivity contribution is -0.0337. The summed E-state index contributed by atoms with van der Waals surface area (Å²) in [7, 11) is 0. The molecule has 1 aromatic heterocycles. The summed E-state index contributed by atoms with van der Waals surface area (Å²) in [5, 5.41) is 14.9. The summed E-state index contributed by atoms with van der Waals surface area (Å²) < 4.78 is 7.46. The molecule has 0 saturated carbocycles. The summed E-state index contributed by atoms with van der Waals surface area (Å²) in [6.07, 6.45) is 4.31. The highest BCUT2D eigenvalue weighted by molar-refractivity contribution is 5.53. The van der Waals surface area contributed by atoms with Crippen molar-refractivity contribution >= 4 is 5.69 Å². The maximum absolute atomic E-state index is 5.78. The number of ether oxygens (including phenoxy) is 1. The average molecular weight is 287 g/mol. The predicted octanol–water partition coefficient (Wildman–Crippen LogP) is 2.34. The number of hydrogen-bond acceptors (Lipinski definition) is 5. The number of tetrazole rings is 1. The van der Waals surface area contributed by atoms with Gasteiger partial charge >= 0.3 is 0 Å². The zero-order valence-corrected chi connectivity index (χ0v) is 12.7. The standard InChI is InChI=1S/C15H21N5O/c1-10-6-13(4-5-15(10)20-9-16-18-19-20)17-14-7-11(2)21-12(3)8-14/h4-6,9,11-12,14,17H,7-8H2,1-3H3. The van der Waals surface area contributed by atoms with Crippen molar-refractivity contribution in [3.63, 3.8) is 0 Å². The molecule has 1 saturated heterocycles. The molecule has 3 rings (SSSR count). The molecule has 1 aliphatic heterocycles. The van der Waals surface area contributed by atoms with Crippen LogP contribution in [0, 0.1) is 6.92 Å². The lowest BCUT2D eigenvalue weighted by Gasteiger charge is -2.33. The largest absolute Gasteiger partial charge is 0.382 e. The highest BCUT2D eigenvalue weighted by Crippen LogP contribution is 2.24. The summed E-state index contributed by atoms with van der Waals surface area (Å²) >= 11 is 0. The van der Waals surface area contributed by atoms with Gasteiger partial charge in [0.25, 0.3) is 0 Å². The van der Waals surface area contributed by atoms with E-state index in [4.69, 9.17) is 4.74 Å². The van der Waals surface area contributed by atoms with Gasteiger partial charge in [-0.2, -0.15) is 0 Å². The summed E-state index contributed by atoms with van der Waals surface area (Å²) in [4.78, 5) is 0. The first kappa shape index (κ1) is 14.0. The van der Waals surface area contributed by atoms with Gasteiger partial charge in [0.2, 0.25) is 0 Å². The quantitative estimate of drug-likeness (QED) is 0.938. The fourth-order valence-electron chi connectivity index (χ4n) is 3.03. The van der Waals surface area contributed by atoms with E-state index in [9.17, 15) is 0 Å². The van der Waals surface area contributed by atoms with Crippen LogP contribution in [-0.4, -0.2) is 38.5 Å². The van der Waals surface area contributed by atoms with Crippen LogP contribution in [0.2, 0.25) is 0 Å². The molecular weight excluding hydrogens is 266 g/mol. The predicted molar refractivity (Wildman–Crippen MR) is 80.5 cm³/mol. The molecule has 1 fully saturated rings. The van der Waals surface area contributed by atoms with E-state index in [2.05, 4.69) is 53.7 Å². The number of anilines is 1. The van der Waals surface area contributed by atoms with E-state index in [1.165, 1.54) is 0 Å². The Morgan fingerprint density at radius 2 is 2.00 bits per heavy atom. The molecule has 2 unspecified atom stereocenters. The molecule has 2 aromatic rings. The molecule has 0 aliphatic carbocycles. The Kier molecular flexibility index (Phi) is 3.88. The van der Waals surface area contributed by atoms with Crippen LogP contribution in [0.1, 0.15) is 32.3 Å². The van der Waals surface area contributed by atoms with Gasteiger partial charge in [-0.05, 0) is 67.8 Å². The fraction of sp³-hybridized carbons (Fsp3) is 0.533. The van der Waals surface area contributed by atoms with Crippen LogP contribution in [-0.2, 0) is 4.74 Å². The lowest BCUT2D eigenvalue weighted by atomic mass is 9.99. The van der Waals surface area contributed by atoms with Gasteiger partial charge in [0.1, 0.15) is 6.33 Å². The van der Waals surface area contributed by atoms with Gasteiger partial charge in [-0.1, -0.05) is 0 Å². The maximum atomic E-state index is 5.78. The summed E-state index contributed by atoms with van der Waals surface area (Å²) in [6.45, 7) is 6.34. The van der Waals surface area contributed by atoms with E-state index in [0.717, 1.165) is 29.8 Å². The van der Waals surface area contributed by atoms with Crippen molar-refractivity contribution in [1.82, 2.24) is 20.2 Å². The third-order valence-electron chi connectivity index (χ3n) is 3.86. The number of rotatable bonds is 3. The van der Waals surface area contributed by atoms with Gasteiger partial charge in [0.15, 0.2) is 0 Å². The zero-order chi connectivity index (χ0) is 14.8. The molecule has 1 aliphatic rings. The molecule has 2 atom stereocenters. The molecule has 0 amide bonds. The van der Waals surface area contributed by atoms with Crippen molar-refractivity contribution in [3.8, 4) is 5.69 Å². The Morgan fingerprint density at radius 1 is 1.24 bits per heavy atom. The molecule has 6 nitrogen and oxygen atoms in total. The first-order chi connectivity index (χ1) is 10.1. The third-order valence-corrected chi connectivity index (χ3v) is 3.86. The molecule has 0 bridgehead atoms. The number of aromatic nitrogens is 4. The minimum Gasteiger partial charge on any atom is -0.382 e. The minimum absolute atomic E-state index is 0.313. The van der Waals surface area contributed by atoms with Crippen molar-refractivity contribution in [3.05, 3.63) is 30.1 Å². The maximum Gasteiger partial charge on any atom is 0.143 e.